The molecule has 7 heteroatoms. The van der Waals surface area contributed by atoms with E-state index in [2.05, 4.69) is 65.9 Å². The Hall–Kier alpha value is -2.80. The van der Waals surface area contributed by atoms with Gasteiger partial charge in [0.2, 0.25) is 0 Å². The van der Waals surface area contributed by atoms with Crippen molar-refractivity contribution in [1.82, 2.24) is 25.4 Å². The Balaban J connectivity index is 1.63. The van der Waals surface area contributed by atoms with E-state index in [1.807, 2.05) is 11.6 Å². The van der Waals surface area contributed by atoms with Crippen molar-refractivity contribution >= 4 is 16.9 Å². The summed E-state index contributed by atoms with van der Waals surface area (Å²) in [5, 5.41) is 12.7. The second-order valence-electron chi connectivity index (χ2n) is 7.60. The molecule has 1 aromatic carbocycles. The lowest BCUT2D eigenvalue weighted by atomic mass is 10.1. The molecule has 0 unspecified atom stereocenters. The molecule has 3 aromatic rings. The largest absolute Gasteiger partial charge is 0.383 e. The molecule has 0 spiro atoms. The second kappa shape index (κ2) is 10.3. The van der Waals surface area contributed by atoms with Crippen molar-refractivity contribution in [3.05, 3.63) is 52.5 Å². The van der Waals surface area contributed by atoms with Gasteiger partial charge >= 0.3 is 0 Å². The Kier molecular flexibility index (Phi) is 7.52. The molecule has 30 heavy (non-hydrogen) atoms. The normalized spacial score (nSPS) is 12.0. The van der Waals surface area contributed by atoms with E-state index in [0.717, 1.165) is 43.4 Å². The molecule has 0 radical (unpaired) electrons. The molecule has 0 aliphatic rings. The predicted molar refractivity (Wildman–Crippen MR) is 123 cm³/mol. The number of aryl methyl sites for hydroxylation is 2. The van der Waals surface area contributed by atoms with Crippen molar-refractivity contribution in [3.8, 4) is 0 Å². The molecule has 3 rings (SSSR count). The number of rotatable bonds is 9. The molecule has 2 heterocycles. The van der Waals surface area contributed by atoms with Crippen LogP contribution in [0.25, 0.3) is 10.9 Å². The van der Waals surface area contributed by atoms with Gasteiger partial charge in [-0.05, 0) is 51.3 Å². The number of hydrogen-bond donors (Lipinski definition) is 3. The first-order valence-corrected chi connectivity index (χ1v) is 10.6. The molecule has 0 saturated carbocycles. The van der Waals surface area contributed by atoms with Crippen molar-refractivity contribution in [2.45, 2.75) is 47.2 Å². The zero-order chi connectivity index (χ0) is 21.5. The van der Waals surface area contributed by atoms with Gasteiger partial charge in [0.05, 0.1) is 25.4 Å². The van der Waals surface area contributed by atoms with Crippen LogP contribution < -0.4 is 10.6 Å². The van der Waals surface area contributed by atoms with E-state index in [1.54, 1.807) is 7.11 Å². The minimum absolute atomic E-state index is 0.604. The second-order valence-corrected chi connectivity index (χ2v) is 7.60. The molecule has 0 bridgehead atoms. The number of fused-ring (bicyclic) bond motifs is 1. The number of aromatic nitrogens is 3. The number of aromatic amines is 1. The van der Waals surface area contributed by atoms with Crippen molar-refractivity contribution in [3.63, 3.8) is 0 Å². The van der Waals surface area contributed by atoms with Gasteiger partial charge < -0.3 is 20.4 Å². The topological polar surface area (TPSA) is 79.3 Å². The van der Waals surface area contributed by atoms with Crippen LogP contribution in [0.15, 0.2) is 29.4 Å². The Labute approximate surface area is 178 Å². The third-order valence-electron chi connectivity index (χ3n) is 5.39. The first-order chi connectivity index (χ1) is 14.5. The number of hydrogen-bond acceptors (Lipinski definition) is 3. The summed E-state index contributed by atoms with van der Waals surface area (Å²) in [4.78, 5) is 8.17. The van der Waals surface area contributed by atoms with Crippen LogP contribution in [0.1, 0.15) is 35.0 Å². The van der Waals surface area contributed by atoms with E-state index in [0.29, 0.717) is 13.2 Å². The fraction of sp³-hybridized carbons (Fsp3) is 0.478. The lowest BCUT2D eigenvalue weighted by molar-refractivity contribution is 0.182. The predicted octanol–water partition coefficient (Wildman–Crippen LogP) is 3.23. The fourth-order valence-electron chi connectivity index (χ4n) is 3.68. The van der Waals surface area contributed by atoms with Gasteiger partial charge in [0, 0.05) is 48.6 Å². The summed E-state index contributed by atoms with van der Waals surface area (Å²) in [7, 11) is 1.71. The van der Waals surface area contributed by atoms with Gasteiger partial charge in [-0.15, -0.1) is 0 Å². The summed E-state index contributed by atoms with van der Waals surface area (Å²) in [5.74, 6) is 0.830. The lowest BCUT2D eigenvalue weighted by Gasteiger charge is -2.11. The van der Waals surface area contributed by atoms with Gasteiger partial charge in [-0.2, -0.15) is 5.10 Å². The Morgan fingerprint density at radius 1 is 1.23 bits per heavy atom. The van der Waals surface area contributed by atoms with Crippen molar-refractivity contribution in [2.24, 2.45) is 4.99 Å². The van der Waals surface area contributed by atoms with Crippen LogP contribution >= 0.6 is 0 Å². The molecule has 0 atom stereocenters. The van der Waals surface area contributed by atoms with Crippen molar-refractivity contribution in [2.75, 3.05) is 26.8 Å². The third kappa shape index (κ3) is 5.21. The number of aliphatic imine (C=N–C) groups is 1. The standard InChI is InChI=1S/C23H34N6O/c1-6-24-23(27-15-21-17(3)28-29(18(21)4)11-12-30-5)25-10-9-19-14-26-22-13-16(2)7-8-20(19)22/h7-8,13-14,26H,6,9-12,15H2,1-5H3,(H2,24,25,27). The highest BCUT2D eigenvalue weighted by molar-refractivity contribution is 5.84. The maximum absolute atomic E-state index is 5.18. The van der Waals surface area contributed by atoms with Crippen LogP contribution in [-0.4, -0.2) is 47.5 Å². The maximum Gasteiger partial charge on any atom is 0.191 e. The Morgan fingerprint density at radius 3 is 2.83 bits per heavy atom. The van der Waals surface area contributed by atoms with Crippen LogP contribution in [-0.2, 0) is 24.2 Å². The van der Waals surface area contributed by atoms with Gasteiger partial charge in [0.1, 0.15) is 0 Å². The van der Waals surface area contributed by atoms with Gasteiger partial charge in [-0.1, -0.05) is 12.1 Å². The molecule has 0 fully saturated rings. The van der Waals surface area contributed by atoms with Gasteiger partial charge in [0.15, 0.2) is 5.96 Å². The summed E-state index contributed by atoms with van der Waals surface area (Å²) < 4.78 is 7.18. The van der Waals surface area contributed by atoms with Crippen LogP contribution in [0.2, 0.25) is 0 Å². The fourth-order valence-corrected chi connectivity index (χ4v) is 3.68. The zero-order valence-electron chi connectivity index (χ0n) is 18.8. The maximum atomic E-state index is 5.18. The number of ether oxygens (including phenoxy) is 1. The van der Waals surface area contributed by atoms with E-state index in [-0.39, 0.29) is 0 Å². The quantitative estimate of drug-likeness (QED) is 0.374. The Bertz CT molecular complexity index is 1000. The summed E-state index contributed by atoms with van der Waals surface area (Å²) in [6.45, 7) is 12.0. The molecule has 0 aliphatic carbocycles. The SMILES string of the molecule is CCNC(=NCc1c(C)nn(CCOC)c1C)NCCc1c[nH]c2cc(C)ccc12. The van der Waals surface area contributed by atoms with Gasteiger partial charge in [-0.25, -0.2) is 4.99 Å². The van der Waals surface area contributed by atoms with E-state index in [1.165, 1.54) is 27.6 Å². The number of benzene rings is 1. The molecule has 7 nitrogen and oxygen atoms in total. The van der Waals surface area contributed by atoms with E-state index in [4.69, 9.17) is 9.73 Å². The molecule has 2 aromatic heterocycles. The average molecular weight is 411 g/mol. The molecular weight excluding hydrogens is 376 g/mol. The van der Waals surface area contributed by atoms with Crippen LogP contribution in [0.4, 0.5) is 0 Å². The summed E-state index contributed by atoms with van der Waals surface area (Å²) in [5.41, 5.74) is 7.14. The minimum Gasteiger partial charge on any atom is -0.383 e. The number of nitrogens with zero attached hydrogens (tertiary/aromatic N) is 3. The van der Waals surface area contributed by atoms with Crippen LogP contribution in [0.3, 0.4) is 0 Å². The molecule has 162 valence electrons. The summed E-state index contributed by atoms with van der Waals surface area (Å²) >= 11 is 0. The molecule has 0 saturated heterocycles. The van der Waals surface area contributed by atoms with E-state index >= 15 is 0 Å². The van der Waals surface area contributed by atoms with Gasteiger partial charge in [0.25, 0.3) is 0 Å². The monoisotopic (exact) mass is 410 g/mol. The highest BCUT2D eigenvalue weighted by Crippen LogP contribution is 2.19. The average Bonchev–Trinajstić information content (AvgIpc) is 3.24. The molecule has 0 amide bonds. The summed E-state index contributed by atoms with van der Waals surface area (Å²) in [6.07, 6.45) is 3.04. The smallest absolute Gasteiger partial charge is 0.191 e. The molecule has 3 N–H and O–H groups in total. The number of H-pyrrole nitrogens is 1. The first kappa shape index (κ1) is 21.9. The highest BCUT2D eigenvalue weighted by Gasteiger charge is 2.11. The van der Waals surface area contributed by atoms with Crippen LogP contribution in [0.5, 0.6) is 0 Å². The van der Waals surface area contributed by atoms with E-state index < -0.39 is 0 Å². The first-order valence-electron chi connectivity index (χ1n) is 10.6. The lowest BCUT2D eigenvalue weighted by Crippen LogP contribution is -2.38. The molecular formula is C23H34N6O. The van der Waals surface area contributed by atoms with Crippen molar-refractivity contribution in [1.29, 1.82) is 0 Å². The van der Waals surface area contributed by atoms with Crippen LogP contribution in [0, 0.1) is 20.8 Å². The summed E-state index contributed by atoms with van der Waals surface area (Å²) in [6, 6.07) is 6.55. The van der Waals surface area contributed by atoms with Gasteiger partial charge in [-0.3, -0.25) is 4.68 Å². The number of nitrogens with one attached hydrogen (secondary N) is 3. The minimum atomic E-state index is 0.604. The number of methoxy groups -OCH3 is 1. The third-order valence-corrected chi connectivity index (χ3v) is 5.39. The number of guanidine groups is 1. The van der Waals surface area contributed by atoms with E-state index in [9.17, 15) is 0 Å². The van der Waals surface area contributed by atoms with Crippen molar-refractivity contribution < 1.29 is 4.74 Å². The Morgan fingerprint density at radius 2 is 2.07 bits per heavy atom. The molecule has 0 aliphatic heterocycles. The highest BCUT2D eigenvalue weighted by atomic mass is 16.5. The zero-order valence-corrected chi connectivity index (χ0v) is 18.8.